The second-order valence-electron chi connectivity index (χ2n) is 26.4. The monoisotopic (exact) mass is 1540 g/mol. The Balaban J connectivity index is 1.42. The van der Waals surface area contributed by atoms with Crippen LogP contribution in [0.3, 0.4) is 0 Å². The third-order valence-electron chi connectivity index (χ3n) is 16.6. The molecular weight excluding hydrogens is 1440 g/mol. The van der Waals surface area contributed by atoms with Crippen LogP contribution in [0.4, 0.5) is 0 Å². The zero-order valence-corrected chi connectivity index (χ0v) is 61.3. The molecule has 0 aliphatic heterocycles. The summed E-state index contributed by atoms with van der Waals surface area (Å²) >= 11 is 0. The highest BCUT2D eigenvalue weighted by molar-refractivity contribution is 6.00. The average Bonchev–Trinajstić information content (AvgIpc) is 1.11. The lowest BCUT2D eigenvalue weighted by Gasteiger charge is -2.28. The fraction of sp³-hybridized carbons (Fsp3) is 0.493. The normalized spacial score (nSPS) is 14.3. The van der Waals surface area contributed by atoms with Crippen LogP contribution >= 0.6 is 0 Å². The summed E-state index contributed by atoms with van der Waals surface area (Å²) in [6.45, 7) is 7.15. The number of aromatic hydroxyl groups is 1. The van der Waals surface area contributed by atoms with Gasteiger partial charge in [0.2, 0.25) is 82.7 Å². The number of aromatic nitrogens is 4. The van der Waals surface area contributed by atoms with E-state index in [4.69, 9.17) is 22.3 Å². The molecule has 4 rings (SSSR count). The van der Waals surface area contributed by atoms with Crippen molar-refractivity contribution in [3.63, 3.8) is 0 Å². The number of primary amides is 1. The van der Waals surface area contributed by atoms with Crippen LogP contribution in [-0.2, 0) is 107 Å². The number of carbonyl (C=O) groups is 17. The molecule has 12 atom stereocenters. The number of hydrogen-bond acceptors (Lipinski definition) is 22. The SMILES string of the molecule is CC(C)[C@H](NC(=O)[C@H](C)NC(=O)[C@H](CCCCN)NC(=O)[C@H](Cc1ccccc1)NC(=O)CNC(=O)[C@@H](N)CC(=O)O)C(=O)N[C@H](C(=O)NCC(=O)N[C@@H](CC(=O)O)C(=O)N[C@@H](C)C(=O)N[C@@H](CCC(N)=O)C(=O)N[C@@H](Cc1ccc(O)cc1)C(=O)N[C@@H](Cc1c[nH]cn1)C(=O)N[C@@H](Cc1c[nH]cn1)C(=O)O)C(C)C. The molecule has 0 fully saturated rings. The predicted molar refractivity (Wildman–Crippen MR) is 386 cm³/mol. The molecule has 0 saturated carbocycles. The van der Waals surface area contributed by atoms with Gasteiger partial charge in [0, 0.05) is 44.5 Å². The zero-order valence-electron chi connectivity index (χ0n) is 61.3. The van der Waals surface area contributed by atoms with Crippen molar-refractivity contribution in [2.75, 3.05) is 19.6 Å². The maximum atomic E-state index is 14.4. The van der Waals surface area contributed by atoms with Gasteiger partial charge in [-0.3, -0.25) is 76.7 Å². The van der Waals surface area contributed by atoms with Crippen LogP contribution in [0.1, 0.15) is 109 Å². The number of benzene rings is 2. The molecule has 0 saturated heterocycles. The Morgan fingerprint density at radius 1 is 0.427 bits per heavy atom. The zero-order chi connectivity index (χ0) is 81.9. The van der Waals surface area contributed by atoms with Crippen LogP contribution < -0.4 is 86.3 Å². The molecule has 0 spiro atoms. The second-order valence-corrected chi connectivity index (χ2v) is 26.4. The third-order valence-corrected chi connectivity index (χ3v) is 16.6. The highest BCUT2D eigenvalue weighted by Crippen LogP contribution is 2.15. The quantitative estimate of drug-likeness (QED) is 0.0183. The number of amides is 14. The fourth-order valence-corrected chi connectivity index (χ4v) is 10.6. The first-order chi connectivity index (χ1) is 51.9. The molecule has 110 heavy (non-hydrogen) atoms. The Hall–Kier alpha value is -12.4. The number of phenols is 1. The summed E-state index contributed by atoms with van der Waals surface area (Å²) in [5.41, 5.74) is 18.2. The Labute approximate surface area is 630 Å². The van der Waals surface area contributed by atoms with E-state index in [0.29, 0.717) is 24.0 Å². The summed E-state index contributed by atoms with van der Waals surface area (Å²) in [5, 5.41) is 70.2. The highest BCUT2D eigenvalue weighted by atomic mass is 16.4. The number of carboxylic acid groups (broad SMARTS) is 3. The van der Waals surface area contributed by atoms with E-state index in [1.807, 2.05) is 0 Å². The Bertz CT molecular complexity index is 3830. The second kappa shape index (κ2) is 45.3. The molecular formula is C69H98N20O21. The molecule has 2 aromatic carbocycles. The van der Waals surface area contributed by atoms with Crippen molar-refractivity contribution in [2.45, 2.75) is 185 Å². The number of carbonyl (C=O) groups excluding carboxylic acids is 14. The summed E-state index contributed by atoms with van der Waals surface area (Å²) in [6.07, 6.45) is 2.24. The first kappa shape index (κ1) is 90.0. The average molecular weight is 1540 g/mol. The minimum atomic E-state index is -1.94. The lowest BCUT2D eigenvalue weighted by atomic mass is 9.99. The Morgan fingerprint density at radius 2 is 0.836 bits per heavy atom. The van der Waals surface area contributed by atoms with Crippen molar-refractivity contribution >= 4 is 101 Å². The smallest absolute Gasteiger partial charge is 0.326 e. The summed E-state index contributed by atoms with van der Waals surface area (Å²) in [6, 6.07) is -4.58. The van der Waals surface area contributed by atoms with E-state index in [9.17, 15) is 96.8 Å². The van der Waals surface area contributed by atoms with E-state index in [1.165, 1.54) is 70.1 Å². The molecule has 600 valence electrons. The first-order valence-electron chi connectivity index (χ1n) is 35.0. The number of nitrogens with two attached hydrogens (primary N) is 3. The molecule has 4 aromatic rings. The van der Waals surface area contributed by atoms with Crippen molar-refractivity contribution in [3.8, 4) is 5.75 Å². The van der Waals surface area contributed by atoms with Gasteiger partial charge in [-0.25, -0.2) is 14.8 Å². The van der Waals surface area contributed by atoms with E-state index in [-0.39, 0.29) is 55.8 Å². The number of H-pyrrole nitrogens is 2. The van der Waals surface area contributed by atoms with Crippen LogP contribution in [0, 0.1) is 11.8 Å². The van der Waals surface area contributed by atoms with Crippen molar-refractivity contribution in [1.29, 1.82) is 0 Å². The molecule has 41 heteroatoms. The lowest BCUT2D eigenvalue weighted by Crippen LogP contribution is -2.60. The van der Waals surface area contributed by atoms with Crippen LogP contribution in [0.25, 0.3) is 0 Å². The maximum absolute atomic E-state index is 14.4. The van der Waals surface area contributed by atoms with Gasteiger partial charge in [0.15, 0.2) is 0 Å². The predicted octanol–water partition coefficient (Wildman–Crippen LogP) is -6.22. The van der Waals surface area contributed by atoms with Crippen molar-refractivity contribution in [3.05, 3.63) is 102 Å². The molecule has 0 unspecified atom stereocenters. The van der Waals surface area contributed by atoms with Gasteiger partial charge in [0.05, 0.1) is 56.0 Å². The van der Waals surface area contributed by atoms with Gasteiger partial charge in [-0.2, -0.15) is 0 Å². The van der Waals surface area contributed by atoms with Gasteiger partial charge in [-0.05, 0) is 81.2 Å². The molecule has 0 aliphatic carbocycles. The first-order valence-corrected chi connectivity index (χ1v) is 35.0. The summed E-state index contributed by atoms with van der Waals surface area (Å²) in [4.78, 5) is 240. The van der Waals surface area contributed by atoms with Crippen LogP contribution in [0.2, 0.25) is 0 Å². The minimum Gasteiger partial charge on any atom is -0.508 e. The lowest BCUT2D eigenvalue weighted by molar-refractivity contribution is -0.142. The standard InChI is InChI=1S/C69H98N20O21/c1-34(2)56(89-68(108)57(35(3)4)88-59(99)37(6)79-61(101)44(14-10-11-21-70)84-64(104)46(22-38-12-8-7-9-13-38)81-52(92)30-75-60(100)43(71)26-54(94)95)67(107)76-31-53(93)82-49(27-55(96)97)63(103)80-36(5)58(98)83-45(19-20-51(72)91)62(102)85-47(23-39-15-17-42(90)18-16-39)65(105)86-48(24-40-28-73-32-77-40)66(106)87-50(69(109)110)25-41-29-74-33-78-41/h7-9,12-13,15-18,28-29,32-37,43-50,56-57,90H,10-11,14,19-27,30-31,70-71H2,1-6H3,(H2,72,91)(H,73,77)(H,74,78)(H,75,100)(H,76,107)(H,79,101)(H,80,103)(H,81,92)(H,82,93)(H,83,98)(H,84,104)(H,85,102)(H,86,105)(H,87,106)(H,88,99)(H,89,108)(H,94,95)(H,96,97)(H,109,110)/t36-,37-,43-,44-,45-,46-,47-,48-,49-,50-,56-,57-/m0/s1. The van der Waals surface area contributed by atoms with Crippen molar-refractivity contribution in [1.82, 2.24) is 89.1 Å². The van der Waals surface area contributed by atoms with E-state index in [2.05, 4.69) is 89.1 Å². The van der Waals surface area contributed by atoms with Gasteiger partial charge >= 0.3 is 17.9 Å². The van der Waals surface area contributed by atoms with Crippen LogP contribution in [-0.4, -0.2) is 233 Å². The molecule has 2 aromatic heterocycles. The molecule has 25 N–H and O–H groups in total. The third kappa shape index (κ3) is 31.9. The van der Waals surface area contributed by atoms with Crippen LogP contribution in [0.15, 0.2) is 79.6 Å². The number of rotatable bonds is 48. The number of nitrogens with one attached hydrogen (secondary N) is 15. The maximum Gasteiger partial charge on any atom is 0.326 e. The van der Waals surface area contributed by atoms with E-state index in [0.717, 1.165) is 6.92 Å². The van der Waals surface area contributed by atoms with Gasteiger partial charge in [0.1, 0.15) is 72.2 Å². The minimum absolute atomic E-state index is 0.00165. The number of aliphatic carboxylic acids is 3. The number of unbranched alkanes of at least 4 members (excludes halogenated alkanes) is 1. The number of aromatic amines is 2. The molecule has 0 aliphatic rings. The highest BCUT2D eigenvalue weighted by Gasteiger charge is 2.37. The number of phenolic OH excluding ortho intramolecular Hbond substituents is 1. The largest absolute Gasteiger partial charge is 0.508 e. The molecule has 14 amide bonds. The molecule has 0 bridgehead atoms. The molecule has 41 nitrogen and oxygen atoms in total. The molecule has 2 heterocycles. The summed E-state index contributed by atoms with van der Waals surface area (Å²) < 4.78 is 0. The molecule has 0 radical (unpaired) electrons. The summed E-state index contributed by atoms with van der Waals surface area (Å²) in [7, 11) is 0. The number of nitrogens with zero attached hydrogens (tertiary/aromatic N) is 2. The fourth-order valence-electron chi connectivity index (χ4n) is 10.6. The van der Waals surface area contributed by atoms with Gasteiger partial charge < -0.3 is 117 Å². The van der Waals surface area contributed by atoms with Crippen molar-refractivity contribution in [2.24, 2.45) is 29.0 Å². The van der Waals surface area contributed by atoms with Crippen molar-refractivity contribution < 1.29 is 102 Å². The number of carboxylic acids is 3. The van der Waals surface area contributed by atoms with Gasteiger partial charge in [-0.1, -0.05) is 70.2 Å². The summed E-state index contributed by atoms with van der Waals surface area (Å²) in [5.74, 6) is -19.9. The van der Waals surface area contributed by atoms with E-state index < -0.39 is 224 Å². The Kier molecular flexibility index (Phi) is 37.0. The number of imidazole rings is 2. The van der Waals surface area contributed by atoms with Gasteiger partial charge in [-0.15, -0.1) is 0 Å². The topological polar surface area (TPSA) is 663 Å². The van der Waals surface area contributed by atoms with Gasteiger partial charge in [0.25, 0.3) is 0 Å². The number of hydrogen-bond donors (Lipinski definition) is 22. The van der Waals surface area contributed by atoms with E-state index in [1.54, 1.807) is 44.2 Å². The Morgan fingerprint density at radius 3 is 1.33 bits per heavy atom. The van der Waals surface area contributed by atoms with Crippen LogP contribution in [0.5, 0.6) is 5.75 Å². The van der Waals surface area contributed by atoms with E-state index >= 15 is 0 Å².